The number of hydrogen-bond donors (Lipinski definition) is 3. The van der Waals surface area contributed by atoms with Crippen molar-refractivity contribution in [1.82, 2.24) is 9.78 Å². The second-order valence-electron chi connectivity index (χ2n) is 9.48. The van der Waals surface area contributed by atoms with Crippen LogP contribution in [0.3, 0.4) is 0 Å². The van der Waals surface area contributed by atoms with Gasteiger partial charge in [-0.3, -0.25) is 14.4 Å². The van der Waals surface area contributed by atoms with Gasteiger partial charge >= 0.3 is 0 Å². The molecule has 212 valence electrons. The molecule has 0 saturated carbocycles. The van der Waals surface area contributed by atoms with E-state index >= 15 is 0 Å². The molecule has 5 aromatic rings. The Balaban J connectivity index is 1.33. The molecule has 10 nitrogen and oxygen atoms in total. The minimum Gasteiger partial charge on any atom is -0.492 e. The molecule has 6 rings (SSSR count). The van der Waals surface area contributed by atoms with Crippen molar-refractivity contribution in [1.29, 1.82) is 0 Å². The summed E-state index contributed by atoms with van der Waals surface area (Å²) in [5.41, 5.74) is 2.69. The molecule has 0 radical (unpaired) electrons. The number of hydrogen-bond acceptors (Lipinski definition) is 7. The highest BCUT2D eigenvalue weighted by Crippen LogP contribution is 2.40. The Morgan fingerprint density at radius 2 is 1.74 bits per heavy atom. The van der Waals surface area contributed by atoms with Crippen molar-refractivity contribution in [3.63, 3.8) is 0 Å². The number of amides is 3. The maximum atomic E-state index is 13.8. The van der Waals surface area contributed by atoms with Crippen LogP contribution in [0.1, 0.15) is 55.1 Å². The Kier molecular flexibility index (Phi) is 7.56. The number of rotatable bonds is 9. The van der Waals surface area contributed by atoms with Gasteiger partial charge in [0, 0.05) is 4.88 Å². The molecule has 0 fully saturated rings. The van der Waals surface area contributed by atoms with Gasteiger partial charge in [0.15, 0.2) is 5.76 Å². The summed E-state index contributed by atoms with van der Waals surface area (Å²) in [5, 5.41) is 13.5. The van der Waals surface area contributed by atoms with Crippen LogP contribution >= 0.6 is 11.3 Å². The summed E-state index contributed by atoms with van der Waals surface area (Å²) in [5.74, 6) is -0.561. The number of thiophene rings is 1. The van der Waals surface area contributed by atoms with Crippen molar-refractivity contribution in [2.75, 3.05) is 22.6 Å². The second-order valence-corrected chi connectivity index (χ2v) is 10.6. The molecule has 2 aromatic carbocycles. The highest BCUT2D eigenvalue weighted by Gasteiger charge is 2.30. The van der Waals surface area contributed by atoms with Gasteiger partial charge in [-0.05, 0) is 68.1 Å². The molecular formula is C31H27N5O5S. The van der Waals surface area contributed by atoms with E-state index in [1.165, 1.54) is 34.5 Å². The summed E-state index contributed by atoms with van der Waals surface area (Å²) in [6.45, 7) is 2.33. The number of nitrogens with one attached hydrogen (secondary N) is 3. The van der Waals surface area contributed by atoms with Crippen LogP contribution < -0.4 is 20.7 Å². The van der Waals surface area contributed by atoms with Gasteiger partial charge in [0.1, 0.15) is 22.1 Å². The van der Waals surface area contributed by atoms with Crippen LogP contribution in [0.4, 0.5) is 16.5 Å². The number of nitrogens with zero attached hydrogens (tertiary/aromatic N) is 2. The molecule has 1 aliphatic carbocycles. The number of para-hydroxylation sites is 3. The number of aromatic nitrogens is 2. The number of fused-ring (bicyclic) bond motifs is 1. The van der Waals surface area contributed by atoms with Gasteiger partial charge in [-0.15, -0.1) is 11.3 Å². The van der Waals surface area contributed by atoms with Crippen molar-refractivity contribution < 1.29 is 23.5 Å². The highest BCUT2D eigenvalue weighted by molar-refractivity contribution is 7.17. The third kappa shape index (κ3) is 5.29. The average molecular weight is 582 g/mol. The van der Waals surface area contributed by atoms with Crippen molar-refractivity contribution in [2.45, 2.75) is 26.2 Å². The van der Waals surface area contributed by atoms with Crippen molar-refractivity contribution >= 4 is 45.6 Å². The number of carbonyl (C=O) groups excluding carboxylic acids is 3. The third-order valence-corrected chi connectivity index (χ3v) is 8.01. The lowest BCUT2D eigenvalue weighted by molar-refractivity contribution is 0.0994. The Bertz CT molecular complexity index is 1760. The molecule has 0 unspecified atom stereocenters. The van der Waals surface area contributed by atoms with E-state index in [0.29, 0.717) is 34.3 Å². The SMILES string of the molecule is CCOc1ccccc1NC(=O)c1c(NC(=O)c2cnn(-c3ccccc3)c2NC(=O)c2ccco2)sc2c1CCC2. The molecule has 3 aromatic heterocycles. The molecule has 0 saturated heterocycles. The predicted octanol–water partition coefficient (Wildman–Crippen LogP) is 6.17. The summed E-state index contributed by atoms with van der Waals surface area (Å²) >= 11 is 1.39. The van der Waals surface area contributed by atoms with Gasteiger partial charge in [-0.25, -0.2) is 4.68 Å². The molecule has 1 aliphatic rings. The smallest absolute Gasteiger partial charge is 0.292 e. The minimum atomic E-state index is -0.533. The molecule has 42 heavy (non-hydrogen) atoms. The lowest BCUT2D eigenvalue weighted by Crippen LogP contribution is -2.21. The quantitative estimate of drug-likeness (QED) is 0.191. The maximum Gasteiger partial charge on any atom is 0.292 e. The Morgan fingerprint density at radius 3 is 2.52 bits per heavy atom. The molecule has 0 bridgehead atoms. The largest absolute Gasteiger partial charge is 0.492 e. The number of anilines is 3. The number of furan rings is 1. The summed E-state index contributed by atoms with van der Waals surface area (Å²) < 4.78 is 12.4. The standard InChI is InChI=1S/C31H27N5O5S/c1-2-40-23-14-7-6-13-22(23)33-30(39)26-20-12-8-16-25(20)42-31(26)35-28(37)21-18-32-36(19-10-4-3-5-11-19)27(21)34-29(38)24-15-9-17-41-24/h3-7,9-11,13-15,17-18H,2,8,12,16H2,1H3,(H,33,39)(H,34,38)(H,35,37). The van der Waals surface area contributed by atoms with E-state index in [9.17, 15) is 14.4 Å². The fourth-order valence-electron chi connectivity index (χ4n) is 4.92. The number of carbonyl (C=O) groups is 3. The highest BCUT2D eigenvalue weighted by atomic mass is 32.1. The minimum absolute atomic E-state index is 0.0862. The monoisotopic (exact) mass is 581 g/mol. The van der Waals surface area contributed by atoms with Crippen molar-refractivity contribution in [3.05, 3.63) is 107 Å². The average Bonchev–Trinajstić information content (AvgIpc) is 3.80. The van der Waals surface area contributed by atoms with Crippen LogP contribution in [0.15, 0.2) is 83.6 Å². The van der Waals surface area contributed by atoms with Crippen LogP contribution in [0.25, 0.3) is 5.69 Å². The predicted molar refractivity (Wildman–Crippen MR) is 160 cm³/mol. The lowest BCUT2D eigenvalue weighted by atomic mass is 10.1. The molecule has 0 aliphatic heterocycles. The maximum absolute atomic E-state index is 13.8. The zero-order valence-corrected chi connectivity index (χ0v) is 23.5. The van der Waals surface area contributed by atoms with Crippen LogP contribution in [0.5, 0.6) is 5.75 Å². The fourth-order valence-corrected chi connectivity index (χ4v) is 6.20. The normalized spacial score (nSPS) is 12.0. The number of aryl methyl sites for hydroxylation is 1. The van der Waals surface area contributed by atoms with Gasteiger partial charge in [0.25, 0.3) is 17.7 Å². The van der Waals surface area contributed by atoms with E-state index in [-0.39, 0.29) is 23.0 Å². The van der Waals surface area contributed by atoms with Crippen LogP contribution in [-0.2, 0) is 12.8 Å². The van der Waals surface area contributed by atoms with Crippen molar-refractivity contribution in [3.8, 4) is 11.4 Å². The Morgan fingerprint density at radius 1 is 0.929 bits per heavy atom. The van der Waals surface area contributed by atoms with Gasteiger partial charge < -0.3 is 25.1 Å². The van der Waals surface area contributed by atoms with Crippen molar-refractivity contribution in [2.24, 2.45) is 0 Å². The van der Waals surface area contributed by atoms with E-state index in [4.69, 9.17) is 9.15 Å². The molecule has 3 heterocycles. The summed E-state index contributed by atoms with van der Waals surface area (Å²) in [7, 11) is 0. The number of benzene rings is 2. The van der Waals surface area contributed by atoms with Gasteiger partial charge in [-0.1, -0.05) is 30.3 Å². The molecule has 11 heteroatoms. The molecular weight excluding hydrogens is 554 g/mol. The summed E-state index contributed by atoms with van der Waals surface area (Å²) in [6, 6.07) is 19.5. The Hall–Kier alpha value is -5.16. The van der Waals surface area contributed by atoms with Gasteiger partial charge in [-0.2, -0.15) is 5.10 Å². The zero-order valence-electron chi connectivity index (χ0n) is 22.7. The second kappa shape index (κ2) is 11.8. The van der Waals surface area contributed by atoms with Crippen LogP contribution in [-0.4, -0.2) is 34.1 Å². The summed E-state index contributed by atoms with van der Waals surface area (Å²) in [6.07, 6.45) is 5.31. The van der Waals surface area contributed by atoms with Gasteiger partial charge in [0.05, 0.1) is 36.0 Å². The topological polar surface area (TPSA) is 127 Å². The zero-order chi connectivity index (χ0) is 29.1. The van der Waals surface area contributed by atoms with E-state index in [1.807, 2.05) is 49.4 Å². The first-order valence-corrected chi connectivity index (χ1v) is 14.3. The first kappa shape index (κ1) is 27.0. The van der Waals surface area contributed by atoms with E-state index < -0.39 is 11.8 Å². The van der Waals surface area contributed by atoms with E-state index in [1.54, 1.807) is 18.2 Å². The lowest BCUT2D eigenvalue weighted by Gasteiger charge is -2.13. The van der Waals surface area contributed by atoms with Gasteiger partial charge in [0.2, 0.25) is 0 Å². The van der Waals surface area contributed by atoms with Crippen LogP contribution in [0, 0.1) is 0 Å². The van der Waals surface area contributed by atoms with Crippen LogP contribution in [0.2, 0.25) is 0 Å². The molecule has 3 amide bonds. The molecule has 0 spiro atoms. The fraction of sp³-hybridized carbons (Fsp3) is 0.161. The summed E-state index contributed by atoms with van der Waals surface area (Å²) in [4.78, 5) is 41.4. The van der Waals surface area contributed by atoms with E-state index in [0.717, 1.165) is 29.7 Å². The first-order valence-electron chi connectivity index (χ1n) is 13.5. The molecule has 3 N–H and O–H groups in total. The third-order valence-electron chi connectivity index (χ3n) is 6.80. The number of ether oxygens (including phenoxy) is 1. The van der Waals surface area contributed by atoms with E-state index in [2.05, 4.69) is 21.0 Å². The molecule has 0 atom stereocenters. The first-order chi connectivity index (χ1) is 20.5. The Labute approximate surface area is 245 Å².